The second-order valence-corrected chi connectivity index (χ2v) is 4.41. The highest BCUT2D eigenvalue weighted by Gasteiger charge is 2.54. The lowest BCUT2D eigenvalue weighted by molar-refractivity contribution is -0.167. The molecule has 0 rings (SSSR count). The Labute approximate surface area is 101 Å². The Bertz CT molecular complexity index is 236. The molecule has 17 heavy (non-hydrogen) atoms. The van der Waals surface area contributed by atoms with Crippen molar-refractivity contribution >= 4 is 6.21 Å². The Balaban J connectivity index is 5.60. The van der Waals surface area contributed by atoms with E-state index in [0.717, 1.165) is 0 Å². The molecule has 3 atom stereocenters. The van der Waals surface area contributed by atoms with E-state index in [-0.39, 0.29) is 19.4 Å². The fraction of sp³-hybridized carbons (Fsp3) is 0.909. The highest BCUT2D eigenvalue weighted by molar-refractivity contribution is 5.67. The van der Waals surface area contributed by atoms with Gasteiger partial charge in [0.2, 0.25) is 0 Å². The van der Waals surface area contributed by atoms with E-state index < -0.39 is 29.8 Å². The van der Waals surface area contributed by atoms with Crippen LogP contribution in [0.1, 0.15) is 26.7 Å². The fourth-order valence-electron chi connectivity index (χ4n) is 2.50. The van der Waals surface area contributed by atoms with Gasteiger partial charge in [0.15, 0.2) is 0 Å². The summed E-state index contributed by atoms with van der Waals surface area (Å²) in [7, 11) is 0. The van der Waals surface area contributed by atoms with Crippen molar-refractivity contribution in [1.82, 2.24) is 0 Å². The van der Waals surface area contributed by atoms with Crippen LogP contribution in [0.2, 0.25) is 0 Å². The second kappa shape index (κ2) is 6.42. The van der Waals surface area contributed by atoms with Crippen molar-refractivity contribution in [3.63, 3.8) is 0 Å². The molecule has 0 heterocycles. The van der Waals surface area contributed by atoms with Crippen LogP contribution in [0.5, 0.6) is 0 Å². The van der Waals surface area contributed by atoms with Gasteiger partial charge in [-0.15, -0.1) is 0 Å². The van der Waals surface area contributed by atoms with Gasteiger partial charge in [0, 0.05) is 25.8 Å². The monoisotopic (exact) mass is 249 g/mol. The lowest BCUT2D eigenvalue weighted by atomic mass is 9.62. The van der Waals surface area contributed by atoms with Crippen molar-refractivity contribution < 1.29 is 25.5 Å². The number of hydrogen-bond donors (Lipinski definition) is 6. The zero-order valence-electron chi connectivity index (χ0n) is 10.3. The van der Waals surface area contributed by atoms with E-state index in [2.05, 4.69) is 0 Å². The maximum atomic E-state index is 10.4. The van der Waals surface area contributed by atoms with Crippen molar-refractivity contribution in [1.29, 1.82) is 5.41 Å². The van der Waals surface area contributed by atoms with Crippen LogP contribution in [0, 0.1) is 10.8 Å². The molecule has 0 saturated carbocycles. The van der Waals surface area contributed by atoms with E-state index in [4.69, 9.17) is 15.6 Å². The molecule has 0 saturated heterocycles. The molecule has 0 spiro atoms. The van der Waals surface area contributed by atoms with E-state index in [9.17, 15) is 15.3 Å². The van der Waals surface area contributed by atoms with E-state index >= 15 is 0 Å². The molecule has 0 aliphatic heterocycles. The minimum atomic E-state index is -1.87. The summed E-state index contributed by atoms with van der Waals surface area (Å²) in [6.07, 6.45) is -1.85. The van der Waals surface area contributed by atoms with E-state index in [1.165, 1.54) is 13.8 Å². The van der Waals surface area contributed by atoms with E-state index in [1.54, 1.807) is 0 Å². The molecule has 6 nitrogen and oxygen atoms in total. The molecule has 0 amide bonds. The summed E-state index contributed by atoms with van der Waals surface area (Å²) in [5.41, 5.74) is -3.35. The average Bonchev–Trinajstić information content (AvgIpc) is 2.24. The van der Waals surface area contributed by atoms with Crippen LogP contribution in [0.25, 0.3) is 0 Å². The third kappa shape index (κ3) is 2.83. The molecule has 0 aromatic carbocycles. The molecule has 6 N–H and O–H groups in total. The minimum Gasteiger partial charge on any atom is -0.396 e. The number of aliphatic hydroxyl groups is 5. The molecule has 102 valence electrons. The molecule has 6 heteroatoms. The molecular formula is C11H23NO5. The van der Waals surface area contributed by atoms with Crippen molar-refractivity contribution in [3.8, 4) is 0 Å². The van der Waals surface area contributed by atoms with E-state index in [1.807, 2.05) is 0 Å². The third-order valence-electron chi connectivity index (χ3n) is 3.55. The topological polar surface area (TPSA) is 125 Å². The van der Waals surface area contributed by atoms with Gasteiger partial charge in [-0.25, -0.2) is 0 Å². The van der Waals surface area contributed by atoms with Crippen LogP contribution in [-0.4, -0.2) is 62.8 Å². The summed E-state index contributed by atoms with van der Waals surface area (Å²) in [5, 5.41) is 55.3. The summed E-state index contributed by atoms with van der Waals surface area (Å²) in [6.45, 7) is 2.03. The lowest BCUT2D eigenvalue weighted by Gasteiger charge is -2.49. The van der Waals surface area contributed by atoms with Crippen molar-refractivity contribution in [2.24, 2.45) is 5.41 Å². The molecular weight excluding hydrogens is 226 g/mol. The highest BCUT2D eigenvalue weighted by Crippen LogP contribution is 2.43. The largest absolute Gasteiger partial charge is 0.396 e. The lowest BCUT2D eigenvalue weighted by Crippen LogP contribution is -2.61. The standard InChI is InChI=1S/C11H23NO5/c1-8(15)11(4-6-14,9(2)16)10(17,7-12)3-5-13/h7-9,12-17H,3-6H2,1-2H3. The second-order valence-electron chi connectivity index (χ2n) is 4.41. The minimum absolute atomic E-state index is 0.0752. The Morgan fingerprint density at radius 2 is 1.47 bits per heavy atom. The third-order valence-corrected chi connectivity index (χ3v) is 3.55. The first-order valence-corrected chi connectivity index (χ1v) is 5.64. The molecule has 0 aromatic rings. The predicted octanol–water partition coefficient (Wildman–Crippen LogP) is -1.12. The van der Waals surface area contributed by atoms with Crippen LogP contribution >= 0.6 is 0 Å². The predicted molar refractivity (Wildman–Crippen MR) is 62.9 cm³/mol. The average molecular weight is 249 g/mol. The Morgan fingerprint density at radius 3 is 1.71 bits per heavy atom. The molecule has 0 radical (unpaired) electrons. The first kappa shape index (κ1) is 16.5. The maximum absolute atomic E-state index is 10.4. The summed E-state index contributed by atoms with van der Waals surface area (Å²) < 4.78 is 0. The fourth-order valence-corrected chi connectivity index (χ4v) is 2.50. The maximum Gasteiger partial charge on any atom is 0.112 e. The van der Waals surface area contributed by atoms with Crippen molar-refractivity contribution in [2.45, 2.75) is 44.5 Å². The summed E-state index contributed by atoms with van der Waals surface area (Å²) in [5.74, 6) is 0. The van der Waals surface area contributed by atoms with Gasteiger partial charge in [0.05, 0.1) is 17.6 Å². The Hall–Kier alpha value is -0.530. The summed E-state index contributed by atoms with van der Waals surface area (Å²) >= 11 is 0. The van der Waals surface area contributed by atoms with Gasteiger partial charge in [-0.2, -0.15) is 0 Å². The molecule has 3 unspecified atom stereocenters. The van der Waals surface area contributed by atoms with Crippen molar-refractivity contribution in [2.75, 3.05) is 13.2 Å². The zero-order valence-corrected chi connectivity index (χ0v) is 10.3. The van der Waals surface area contributed by atoms with Crippen LogP contribution in [0.15, 0.2) is 0 Å². The number of aliphatic hydroxyl groups excluding tert-OH is 4. The van der Waals surface area contributed by atoms with Gasteiger partial charge in [0.25, 0.3) is 0 Å². The molecule has 0 fully saturated rings. The van der Waals surface area contributed by atoms with Gasteiger partial charge >= 0.3 is 0 Å². The molecule has 0 aliphatic rings. The van der Waals surface area contributed by atoms with Crippen LogP contribution < -0.4 is 0 Å². The molecule has 0 aromatic heterocycles. The number of hydrogen-bond acceptors (Lipinski definition) is 6. The molecule has 0 aliphatic carbocycles. The van der Waals surface area contributed by atoms with Gasteiger partial charge in [-0.1, -0.05) is 0 Å². The van der Waals surface area contributed by atoms with Crippen LogP contribution in [-0.2, 0) is 0 Å². The first-order chi connectivity index (χ1) is 7.82. The number of nitrogens with one attached hydrogen (secondary N) is 1. The van der Waals surface area contributed by atoms with Gasteiger partial charge in [0.1, 0.15) is 5.60 Å². The van der Waals surface area contributed by atoms with Gasteiger partial charge in [-0.3, -0.25) is 0 Å². The van der Waals surface area contributed by atoms with Crippen LogP contribution in [0.4, 0.5) is 0 Å². The van der Waals surface area contributed by atoms with Crippen LogP contribution in [0.3, 0.4) is 0 Å². The zero-order chi connectivity index (χ0) is 13.7. The first-order valence-electron chi connectivity index (χ1n) is 5.64. The van der Waals surface area contributed by atoms with Gasteiger partial charge < -0.3 is 30.9 Å². The summed E-state index contributed by atoms with van der Waals surface area (Å²) in [6, 6.07) is 0. The summed E-state index contributed by atoms with van der Waals surface area (Å²) in [4.78, 5) is 0. The number of rotatable bonds is 8. The quantitative estimate of drug-likeness (QED) is 0.304. The molecule has 0 bridgehead atoms. The normalized spacial score (nSPS) is 22.3. The Kier molecular flexibility index (Phi) is 6.22. The van der Waals surface area contributed by atoms with E-state index in [0.29, 0.717) is 6.21 Å². The van der Waals surface area contributed by atoms with Crippen molar-refractivity contribution in [3.05, 3.63) is 0 Å². The SMILES string of the molecule is CC(O)C(CCO)(C(C)O)C(O)(C=N)CCO. The highest BCUT2D eigenvalue weighted by atomic mass is 16.3. The smallest absolute Gasteiger partial charge is 0.112 e. The van der Waals surface area contributed by atoms with Gasteiger partial charge in [-0.05, 0) is 20.3 Å². The Morgan fingerprint density at radius 1 is 1.06 bits per heavy atom.